The molecule has 31 heavy (non-hydrogen) atoms. The van der Waals surface area contributed by atoms with Gasteiger partial charge in [0.15, 0.2) is 0 Å². The van der Waals surface area contributed by atoms with Gasteiger partial charge in [-0.25, -0.2) is 4.79 Å². The Hall–Kier alpha value is -3.15. The third-order valence-electron chi connectivity index (χ3n) is 6.20. The van der Waals surface area contributed by atoms with Crippen molar-refractivity contribution >= 4 is 17.8 Å². The predicted molar refractivity (Wildman–Crippen MR) is 118 cm³/mol. The maximum absolute atomic E-state index is 13.4. The summed E-state index contributed by atoms with van der Waals surface area (Å²) in [4.78, 5) is 40.1. The lowest BCUT2D eigenvalue weighted by molar-refractivity contribution is -0.135. The highest BCUT2D eigenvalue weighted by Crippen LogP contribution is 2.39. The van der Waals surface area contributed by atoms with Gasteiger partial charge in [0, 0.05) is 0 Å². The fourth-order valence-electron chi connectivity index (χ4n) is 4.77. The van der Waals surface area contributed by atoms with E-state index in [2.05, 4.69) is 24.5 Å². The average molecular weight is 420 g/mol. The van der Waals surface area contributed by atoms with E-state index >= 15 is 0 Å². The van der Waals surface area contributed by atoms with E-state index in [0.717, 1.165) is 40.9 Å². The first kappa shape index (κ1) is 21.1. The summed E-state index contributed by atoms with van der Waals surface area (Å²) >= 11 is 0. The van der Waals surface area contributed by atoms with Crippen LogP contribution in [0.15, 0.2) is 54.6 Å². The number of carbonyl (C=O) groups is 3. The summed E-state index contributed by atoms with van der Waals surface area (Å²) in [6.07, 6.45) is 3.02. The second kappa shape index (κ2) is 8.53. The molecule has 2 aromatic carbocycles. The van der Waals surface area contributed by atoms with Gasteiger partial charge in [-0.15, -0.1) is 0 Å². The Morgan fingerprint density at radius 2 is 1.81 bits per heavy atom. The maximum Gasteiger partial charge on any atom is 0.325 e. The summed E-state index contributed by atoms with van der Waals surface area (Å²) in [7, 11) is 0. The average Bonchev–Trinajstić information content (AvgIpc) is 2.98. The van der Waals surface area contributed by atoms with Crippen molar-refractivity contribution in [2.45, 2.75) is 51.1 Å². The minimum Gasteiger partial charge on any atom is -0.348 e. The molecule has 1 aliphatic heterocycles. The molecule has 0 bridgehead atoms. The first-order valence-corrected chi connectivity index (χ1v) is 11.0. The van der Waals surface area contributed by atoms with E-state index in [1.165, 1.54) is 0 Å². The number of aryl methyl sites for hydroxylation is 1. The molecule has 2 N–H and O–H groups in total. The Kier molecular flexibility index (Phi) is 5.81. The van der Waals surface area contributed by atoms with Crippen molar-refractivity contribution in [1.82, 2.24) is 15.5 Å². The number of imide groups is 1. The van der Waals surface area contributed by atoms with Crippen molar-refractivity contribution < 1.29 is 14.4 Å². The highest BCUT2D eigenvalue weighted by molar-refractivity contribution is 6.09. The summed E-state index contributed by atoms with van der Waals surface area (Å²) in [5.41, 5.74) is 1.89. The van der Waals surface area contributed by atoms with E-state index in [0.29, 0.717) is 12.3 Å². The second-order valence-electron chi connectivity index (χ2n) is 8.90. The molecule has 4 amide bonds. The van der Waals surface area contributed by atoms with Crippen LogP contribution in [0.2, 0.25) is 0 Å². The zero-order valence-electron chi connectivity index (χ0n) is 18.1. The lowest BCUT2D eigenvalue weighted by Gasteiger charge is -2.33. The van der Waals surface area contributed by atoms with E-state index < -0.39 is 11.6 Å². The highest BCUT2D eigenvalue weighted by atomic mass is 16.2. The van der Waals surface area contributed by atoms with Gasteiger partial charge in [0.05, 0.1) is 6.04 Å². The van der Waals surface area contributed by atoms with Gasteiger partial charge in [0.2, 0.25) is 5.91 Å². The molecule has 1 aliphatic carbocycles. The fourth-order valence-corrected chi connectivity index (χ4v) is 4.77. The van der Waals surface area contributed by atoms with E-state index in [1.54, 1.807) is 0 Å². The first-order chi connectivity index (χ1) is 14.9. The molecule has 1 fully saturated rings. The number of fused-ring (bicyclic) bond motifs is 2. The number of nitrogens with zero attached hydrogens (tertiary/aromatic N) is 1. The third kappa shape index (κ3) is 4.07. The van der Waals surface area contributed by atoms with Gasteiger partial charge in [-0.1, -0.05) is 68.4 Å². The molecule has 0 saturated carbocycles. The van der Waals surface area contributed by atoms with Crippen LogP contribution in [0.1, 0.15) is 55.8 Å². The Bertz CT molecular complexity index is 989. The Labute approximate surface area is 183 Å². The molecule has 0 unspecified atom stereocenters. The van der Waals surface area contributed by atoms with Crippen molar-refractivity contribution in [3.05, 3.63) is 71.3 Å². The minimum absolute atomic E-state index is 0.168. The molecule has 0 aromatic heterocycles. The van der Waals surface area contributed by atoms with E-state index in [1.807, 2.05) is 54.6 Å². The van der Waals surface area contributed by atoms with Gasteiger partial charge in [-0.05, 0) is 48.3 Å². The van der Waals surface area contributed by atoms with Gasteiger partial charge in [-0.2, -0.15) is 0 Å². The fraction of sp³-hybridized carbons (Fsp3) is 0.400. The zero-order valence-corrected chi connectivity index (χ0v) is 18.1. The summed E-state index contributed by atoms with van der Waals surface area (Å²) < 4.78 is 0. The van der Waals surface area contributed by atoms with Gasteiger partial charge >= 0.3 is 6.03 Å². The van der Waals surface area contributed by atoms with Crippen LogP contribution in [-0.4, -0.2) is 29.3 Å². The Morgan fingerprint density at radius 1 is 1.10 bits per heavy atom. The van der Waals surface area contributed by atoms with Crippen LogP contribution < -0.4 is 10.6 Å². The van der Waals surface area contributed by atoms with Crippen molar-refractivity contribution in [1.29, 1.82) is 0 Å². The number of rotatable bonds is 6. The highest BCUT2D eigenvalue weighted by Gasteiger charge is 2.54. The summed E-state index contributed by atoms with van der Waals surface area (Å²) in [5.74, 6) is -0.289. The molecule has 2 aliphatic rings. The molecule has 4 rings (SSSR count). The SMILES string of the molecule is CC(C)C[C@@H](NC(=O)CN1C(=O)N[C@@]2(CCCc3ccccc32)C1=O)c1ccccc1. The van der Waals surface area contributed by atoms with E-state index in [9.17, 15) is 14.4 Å². The number of carbonyl (C=O) groups excluding carboxylic acids is 3. The molecule has 2 aromatic rings. The molecule has 1 heterocycles. The molecule has 162 valence electrons. The molecule has 6 nitrogen and oxygen atoms in total. The molecular formula is C25H29N3O3. The Morgan fingerprint density at radius 3 is 2.55 bits per heavy atom. The number of nitrogens with one attached hydrogen (secondary N) is 2. The van der Waals surface area contributed by atoms with Crippen LogP contribution in [0, 0.1) is 5.92 Å². The van der Waals surface area contributed by atoms with Crippen molar-refractivity contribution in [3.8, 4) is 0 Å². The smallest absolute Gasteiger partial charge is 0.325 e. The number of urea groups is 1. The number of hydrogen-bond donors (Lipinski definition) is 2. The van der Waals surface area contributed by atoms with Crippen LogP contribution in [0.5, 0.6) is 0 Å². The lowest BCUT2D eigenvalue weighted by atomic mass is 9.76. The molecule has 2 atom stereocenters. The van der Waals surface area contributed by atoms with Crippen molar-refractivity contribution in [2.75, 3.05) is 6.54 Å². The topological polar surface area (TPSA) is 78.5 Å². The zero-order chi connectivity index (χ0) is 22.0. The van der Waals surface area contributed by atoms with Crippen LogP contribution >= 0.6 is 0 Å². The first-order valence-electron chi connectivity index (χ1n) is 11.0. The van der Waals surface area contributed by atoms with Gasteiger partial charge in [-0.3, -0.25) is 14.5 Å². The minimum atomic E-state index is -1.05. The van der Waals surface area contributed by atoms with Gasteiger partial charge in [0.25, 0.3) is 5.91 Å². The normalized spacial score (nSPS) is 21.2. The monoisotopic (exact) mass is 419 g/mol. The Balaban J connectivity index is 1.51. The van der Waals surface area contributed by atoms with Crippen molar-refractivity contribution in [3.63, 3.8) is 0 Å². The van der Waals surface area contributed by atoms with Gasteiger partial charge in [0.1, 0.15) is 12.1 Å². The second-order valence-corrected chi connectivity index (χ2v) is 8.90. The molecular weight excluding hydrogens is 390 g/mol. The third-order valence-corrected chi connectivity index (χ3v) is 6.20. The van der Waals surface area contributed by atoms with Crippen LogP contribution in [0.3, 0.4) is 0 Å². The molecule has 1 saturated heterocycles. The maximum atomic E-state index is 13.4. The van der Waals surface area contributed by atoms with Crippen LogP contribution in [0.25, 0.3) is 0 Å². The molecule has 6 heteroatoms. The van der Waals surface area contributed by atoms with Crippen molar-refractivity contribution in [2.24, 2.45) is 5.92 Å². The summed E-state index contributed by atoms with van der Waals surface area (Å²) in [5, 5.41) is 5.94. The quantitative estimate of drug-likeness (QED) is 0.701. The number of hydrogen-bond acceptors (Lipinski definition) is 3. The lowest BCUT2D eigenvalue weighted by Crippen LogP contribution is -2.47. The van der Waals surface area contributed by atoms with Gasteiger partial charge < -0.3 is 10.6 Å². The number of benzene rings is 2. The molecule has 1 spiro atoms. The van der Waals surface area contributed by atoms with E-state index in [-0.39, 0.29) is 24.4 Å². The number of amides is 4. The van der Waals surface area contributed by atoms with E-state index in [4.69, 9.17) is 0 Å². The standard InChI is InChI=1S/C25H29N3O3/c1-17(2)15-21(19-10-4-3-5-11-19)26-22(29)16-28-23(30)25(27-24(28)31)14-8-12-18-9-6-7-13-20(18)25/h3-7,9-11,13,17,21H,8,12,14-16H2,1-2H3,(H,26,29)(H,27,31)/t21-,25-/m1/s1. The predicted octanol–water partition coefficient (Wildman–Crippen LogP) is 3.67. The summed E-state index contributed by atoms with van der Waals surface area (Å²) in [6.45, 7) is 3.92. The van der Waals surface area contributed by atoms with Crippen LogP contribution in [0.4, 0.5) is 4.79 Å². The largest absolute Gasteiger partial charge is 0.348 e. The van der Waals surface area contributed by atoms with Crippen LogP contribution in [-0.2, 0) is 21.5 Å². The summed E-state index contributed by atoms with van der Waals surface area (Å²) in [6, 6.07) is 16.9. The molecule has 0 radical (unpaired) electrons.